The van der Waals surface area contributed by atoms with Crippen molar-refractivity contribution in [3.63, 3.8) is 0 Å². The molecule has 0 aromatic heterocycles. The van der Waals surface area contributed by atoms with Crippen LogP contribution in [-0.2, 0) is 0 Å². The van der Waals surface area contributed by atoms with Gasteiger partial charge in [-0.1, -0.05) is 0 Å². The van der Waals surface area contributed by atoms with Gasteiger partial charge in [-0.05, 0) is 0 Å². The van der Waals surface area contributed by atoms with Crippen LogP contribution in [0.3, 0.4) is 0 Å². The van der Waals surface area contributed by atoms with Crippen molar-refractivity contribution in [1.29, 1.82) is 0 Å². The van der Waals surface area contributed by atoms with E-state index in [4.69, 9.17) is 0 Å². The van der Waals surface area contributed by atoms with Crippen molar-refractivity contribution in [2.24, 2.45) is 4.99 Å². The van der Waals surface area contributed by atoms with Crippen LogP contribution in [0.15, 0.2) is 4.99 Å². The molecule has 1 aliphatic rings. The highest BCUT2D eigenvalue weighted by molar-refractivity contribution is 5.82. The molecular formula is C5H11N3. The maximum atomic E-state index is 4.14. The maximum Gasteiger partial charge on any atom is 0.0989 e. The standard InChI is InChI=1S/C5H11N3/c1-6-5-2-3-7-4-8-5/h7H,2-4H2,1H3,(H,6,8). The lowest BCUT2D eigenvalue weighted by molar-refractivity contribution is 0.678. The lowest BCUT2D eigenvalue weighted by Crippen LogP contribution is -2.31. The predicted octanol–water partition coefficient (Wildman–Crippen LogP) is -0.445. The van der Waals surface area contributed by atoms with E-state index in [1.165, 1.54) is 0 Å². The van der Waals surface area contributed by atoms with Gasteiger partial charge in [-0.25, -0.2) is 0 Å². The second kappa shape index (κ2) is 2.67. The van der Waals surface area contributed by atoms with Gasteiger partial charge in [0.1, 0.15) is 0 Å². The molecule has 2 N–H and O–H groups in total. The molecule has 1 aliphatic heterocycles. The summed E-state index contributed by atoms with van der Waals surface area (Å²) in [7, 11) is 1.91. The first-order valence-electron chi connectivity index (χ1n) is 2.85. The number of aliphatic imine (C=N–C) groups is 1. The van der Waals surface area contributed by atoms with Crippen LogP contribution < -0.4 is 10.6 Å². The number of hydrogen-bond acceptors (Lipinski definition) is 3. The molecule has 0 aromatic carbocycles. The quantitative estimate of drug-likeness (QED) is 0.446. The second-order valence-electron chi connectivity index (χ2n) is 1.76. The second-order valence-corrected chi connectivity index (χ2v) is 1.76. The van der Waals surface area contributed by atoms with E-state index < -0.39 is 0 Å². The van der Waals surface area contributed by atoms with Crippen LogP contribution in [0.25, 0.3) is 0 Å². The lowest BCUT2D eigenvalue weighted by atomic mass is 10.3. The van der Waals surface area contributed by atoms with Crippen LogP contribution >= 0.6 is 0 Å². The number of rotatable bonds is 0. The van der Waals surface area contributed by atoms with Gasteiger partial charge in [-0.3, -0.25) is 10.3 Å². The van der Waals surface area contributed by atoms with Crippen LogP contribution in [0.4, 0.5) is 0 Å². The van der Waals surface area contributed by atoms with Crippen LogP contribution in [0.2, 0.25) is 0 Å². The summed E-state index contributed by atoms with van der Waals surface area (Å²) < 4.78 is 0. The lowest BCUT2D eigenvalue weighted by Gasteiger charge is -2.11. The maximum absolute atomic E-state index is 4.14. The summed E-state index contributed by atoms with van der Waals surface area (Å²) in [4.78, 5) is 4.14. The molecule has 0 fully saturated rings. The SMILES string of the molecule is CNC1=NCNCC1. The van der Waals surface area contributed by atoms with Crippen molar-refractivity contribution in [2.75, 3.05) is 20.3 Å². The van der Waals surface area contributed by atoms with E-state index in [1.54, 1.807) is 0 Å². The van der Waals surface area contributed by atoms with Crippen molar-refractivity contribution in [3.05, 3.63) is 0 Å². The molecule has 0 saturated heterocycles. The first kappa shape index (κ1) is 5.56. The number of nitrogens with zero attached hydrogens (tertiary/aromatic N) is 1. The summed E-state index contributed by atoms with van der Waals surface area (Å²) in [6.45, 7) is 1.83. The van der Waals surface area contributed by atoms with E-state index in [0.29, 0.717) is 0 Å². The summed E-state index contributed by atoms with van der Waals surface area (Å²) in [6.07, 6.45) is 1.04. The zero-order valence-corrected chi connectivity index (χ0v) is 5.07. The third-order valence-corrected chi connectivity index (χ3v) is 1.21. The van der Waals surface area contributed by atoms with E-state index in [-0.39, 0.29) is 0 Å². The Kier molecular flexibility index (Phi) is 1.86. The topological polar surface area (TPSA) is 36.4 Å². The van der Waals surface area contributed by atoms with Gasteiger partial charge in [0.05, 0.1) is 12.5 Å². The molecule has 0 aromatic rings. The molecule has 1 heterocycles. The van der Waals surface area contributed by atoms with Crippen molar-refractivity contribution >= 4 is 5.84 Å². The average molecular weight is 113 g/mol. The minimum Gasteiger partial charge on any atom is -0.377 e. The summed E-state index contributed by atoms with van der Waals surface area (Å²) in [5.41, 5.74) is 0. The Balaban J connectivity index is 2.37. The van der Waals surface area contributed by atoms with E-state index >= 15 is 0 Å². The highest BCUT2D eigenvalue weighted by Gasteiger charge is 1.98. The molecule has 0 atom stereocenters. The van der Waals surface area contributed by atoms with Crippen LogP contribution in [0.1, 0.15) is 6.42 Å². The van der Waals surface area contributed by atoms with Crippen molar-refractivity contribution in [1.82, 2.24) is 10.6 Å². The molecular weight excluding hydrogens is 102 g/mol. The van der Waals surface area contributed by atoms with Crippen LogP contribution in [-0.4, -0.2) is 26.1 Å². The third-order valence-electron chi connectivity index (χ3n) is 1.21. The third kappa shape index (κ3) is 1.20. The van der Waals surface area contributed by atoms with Crippen LogP contribution in [0, 0.1) is 0 Å². The van der Waals surface area contributed by atoms with Gasteiger partial charge in [0.15, 0.2) is 0 Å². The summed E-state index contributed by atoms with van der Waals surface area (Å²) in [5, 5.41) is 6.14. The smallest absolute Gasteiger partial charge is 0.0989 e. The largest absolute Gasteiger partial charge is 0.377 e. The molecule has 0 aliphatic carbocycles. The molecule has 0 bridgehead atoms. The number of amidine groups is 1. The molecule has 46 valence electrons. The average Bonchev–Trinajstić information content (AvgIpc) is 1.90. The minimum atomic E-state index is 0.774. The normalized spacial score (nSPS) is 19.9. The van der Waals surface area contributed by atoms with Gasteiger partial charge in [-0.15, -0.1) is 0 Å². The first-order chi connectivity index (χ1) is 3.93. The van der Waals surface area contributed by atoms with Gasteiger partial charge < -0.3 is 5.32 Å². The monoisotopic (exact) mass is 113 g/mol. The summed E-state index contributed by atoms with van der Waals surface area (Å²) in [5.74, 6) is 1.11. The Labute approximate surface area is 49.2 Å². The molecule has 3 heteroatoms. The van der Waals surface area contributed by atoms with E-state index in [0.717, 1.165) is 25.5 Å². The van der Waals surface area contributed by atoms with Gasteiger partial charge in [0, 0.05) is 20.0 Å². The molecule has 0 amide bonds. The Bertz CT molecular complexity index is 97.8. The highest BCUT2D eigenvalue weighted by Crippen LogP contribution is 1.85. The number of nitrogens with one attached hydrogen (secondary N) is 2. The van der Waals surface area contributed by atoms with Crippen molar-refractivity contribution in [2.45, 2.75) is 6.42 Å². The van der Waals surface area contributed by atoms with Gasteiger partial charge >= 0.3 is 0 Å². The fourth-order valence-corrected chi connectivity index (χ4v) is 0.720. The first-order valence-corrected chi connectivity index (χ1v) is 2.85. The Morgan fingerprint density at radius 2 is 2.62 bits per heavy atom. The molecule has 8 heavy (non-hydrogen) atoms. The van der Waals surface area contributed by atoms with Crippen LogP contribution in [0.5, 0.6) is 0 Å². The van der Waals surface area contributed by atoms with Gasteiger partial charge in [-0.2, -0.15) is 0 Å². The Morgan fingerprint density at radius 3 is 3.00 bits per heavy atom. The molecule has 3 nitrogen and oxygen atoms in total. The van der Waals surface area contributed by atoms with E-state index in [9.17, 15) is 0 Å². The summed E-state index contributed by atoms with van der Waals surface area (Å²) >= 11 is 0. The molecule has 0 saturated carbocycles. The fraction of sp³-hybridized carbons (Fsp3) is 0.800. The minimum absolute atomic E-state index is 0.774. The fourth-order valence-electron chi connectivity index (χ4n) is 0.720. The van der Waals surface area contributed by atoms with Gasteiger partial charge in [0.25, 0.3) is 0 Å². The van der Waals surface area contributed by atoms with Crippen molar-refractivity contribution in [3.8, 4) is 0 Å². The van der Waals surface area contributed by atoms with E-state index in [1.807, 2.05) is 7.05 Å². The van der Waals surface area contributed by atoms with E-state index in [2.05, 4.69) is 15.6 Å². The molecule has 0 unspecified atom stereocenters. The zero-order chi connectivity index (χ0) is 5.82. The van der Waals surface area contributed by atoms with Gasteiger partial charge in [0.2, 0.25) is 0 Å². The molecule has 1 rings (SSSR count). The Hall–Kier alpha value is -0.570. The highest BCUT2D eigenvalue weighted by atomic mass is 15.1. The summed E-state index contributed by atoms with van der Waals surface area (Å²) in [6, 6.07) is 0. The predicted molar refractivity (Wildman–Crippen MR) is 34.0 cm³/mol. The number of hydrogen-bond donors (Lipinski definition) is 2. The Morgan fingerprint density at radius 1 is 1.75 bits per heavy atom. The zero-order valence-electron chi connectivity index (χ0n) is 5.07. The molecule has 0 radical (unpaired) electrons. The molecule has 0 spiro atoms. The van der Waals surface area contributed by atoms with Crippen molar-refractivity contribution < 1.29 is 0 Å².